The number of amidine groups is 1. The number of likely N-dealkylation sites (tertiary alicyclic amines) is 1. The maximum atomic E-state index is 9.55. The Labute approximate surface area is 287 Å². The Bertz CT molecular complexity index is 2120. The monoisotopic (exact) mass is 669 g/mol. The Morgan fingerprint density at radius 2 is 1.58 bits per heavy atom. The molecule has 252 valence electrons. The average Bonchev–Trinajstić information content (AvgIpc) is 3.79. The summed E-state index contributed by atoms with van der Waals surface area (Å²) in [5.74, 6) is -0.520. The van der Waals surface area contributed by atoms with Gasteiger partial charge in [0, 0.05) is 48.1 Å². The number of nitrogens with one attached hydrogen (secondary N) is 2. The molecule has 6 N–H and O–H groups in total. The number of carbonyl (C=O) groups is 2. The number of benzene rings is 2. The molecule has 7 rings (SSSR count). The second-order valence-electron chi connectivity index (χ2n) is 11.7. The van der Waals surface area contributed by atoms with E-state index in [0.29, 0.717) is 35.1 Å². The van der Waals surface area contributed by atoms with Crippen molar-refractivity contribution in [3.05, 3.63) is 126 Å². The number of fused-ring (bicyclic) bond motifs is 1. The van der Waals surface area contributed by atoms with E-state index in [-0.39, 0.29) is 5.84 Å². The maximum Gasteiger partial charge on any atom is 0.328 e. The molecule has 13 nitrogen and oxygen atoms in total. The lowest BCUT2D eigenvalue weighted by Gasteiger charge is -2.30. The van der Waals surface area contributed by atoms with Gasteiger partial charge in [0.2, 0.25) is 0 Å². The Morgan fingerprint density at radius 1 is 0.880 bits per heavy atom. The van der Waals surface area contributed by atoms with Crippen LogP contribution in [0.5, 0.6) is 0 Å². The highest BCUT2D eigenvalue weighted by atomic mass is 16.4. The van der Waals surface area contributed by atoms with Crippen LogP contribution in [0.15, 0.2) is 109 Å². The van der Waals surface area contributed by atoms with Crippen molar-refractivity contribution >= 4 is 23.4 Å². The maximum absolute atomic E-state index is 9.55. The Kier molecular flexibility index (Phi) is 10.1. The Morgan fingerprint density at radius 3 is 2.22 bits per heavy atom. The van der Waals surface area contributed by atoms with Crippen LogP contribution in [0.1, 0.15) is 35.7 Å². The molecule has 0 radical (unpaired) electrons. The molecule has 2 aromatic carbocycles. The van der Waals surface area contributed by atoms with Crippen LogP contribution in [0.3, 0.4) is 0 Å². The number of hydrogen-bond donors (Lipinski definition) is 5. The fourth-order valence-corrected chi connectivity index (χ4v) is 5.95. The minimum atomic E-state index is -1.26. The highest BCUT2D eigenvalue weighted by molar-refractivity contribution is 6.01. The van der Waals surface area contributed by atoms with Crippen LogP contribution in [-0.2, 0) is 16.1 Å². The van der Waals surface area contributed by atoms with E-state index >= 15 is 0 Å². The second-order valence-corrected chi connectivity index (χ2v) is 11.7. The van der Waals surface area contributed by atoms with Gasteiger partial charge in [-0.1, -0.05) is 60.7 Å². The highest BCUT2D eigenvalue weighted by Gasteiger charge is 2.24. The second kappa shape index (κ2) is 15.2. The van der Waals surface area contributed by atoms with E-state index in [1.165, 1.54) is 5.56 Å². The van der Waals surface area contributed by atoms with Crippen LogP contribution in [-0.4, -0.2) is 75.5 Å². The largest absolute Gasteiger partial charge is 0.478 e. The molecule has 50 heavy (non-hydrogen) atoms. The number of nitrogens with two attached hydrogens (primary N) is 1. The van der Waals surface area contributed by atoms with E-state index in [1.807, 2.05) is 59.1 Å². The summed E-state index contributed by atoms with van der Waals surface area (Å²) in [6.45, 7) is 2.91. The van der Waals surface area contributed by atoms with Gasteiger partial charge in [0.1, 0.15) is 23.0 Å². The van der Waals surface area contributed by atoms with Crippen LogP contribution in [0.2, 0.25) is 0 Å². The SMILES string of the molecule is N=C(N)c1cccn2c(-c3ccccc3)c(-c3ccc(CN4CCC(c5nc(-c6ccccn6)n[nH]5)CC4)cc3)nc12.O=C(O)/C=C/C(=O)O. The summed E-state index contributed by atoms with van der Waals surface area (Å²) in [6.07, 6.45) is 6.94. The molecule has 1 saturated heterocycles. The standard InChI is InChI=1S/C33H31N9.C4H4O4/c34-30(35)26-9-6-18-42-29(24-7-2-1-3-8-24)28(37-33(26)42)23-13-11-22(12-14-23)21-41-19-15-25(16-20-41)31-38-32(40-39-31)27-10-4-5-17-36-27;5-3(6)1-2-4(7)8/h1-14,17-18,25H,15-16,19-21H2,(H3,34,35)(H,38,39,40);1-2H,(H,5,6)(H,7,8)/b;2-1+. The first-order valence-corrected chi connectivity index (χ1v) is 16.0. The van der Waals surface area contributed by atoms with E-state index in [2.05, 4.69) is 56.5 Å². The van der Waals surface area contributed by atoms with Crippen LogP contribution >= 0.6 is 0 Å². The molecule has 0 spiro atoms. The lowest BCUT2D eigenvalue weighted by atomic mass is 9.95. The number of aliphatic carboxylic acids is 2. The lowest BCUT2D eigenvalue weighted by Crippen LogP contribution is -2.32. The zero-order valence-electron chi connectivity index (χ0n) is 27.0. The molecule has 0 bridgehead atoms. The molecule has 5 heterocycles. The molecular formula is C37H35N9O4. The molecule has 0 atom stereocenters. The normalized spacial score (nSPS) is 13.6. The number of aromatic nitrogens is 6. The van der Waals surface area contributed by atoms with Crippen molar-refractivity contribution in [3.63, 3.8) is 0 Å². The smallest absolute Gasteiger partial charge is 0.328 e. The van der Waals surface area contributed by atoms with Gasteiger partial charge in [0.05, 0.1) is 17.0 Å². The molecule has 1 aliphatic rings. The number of aromatic amines is 1. The molecular weight excluding hydrogens is 634 g/mol. The van der Waals surface area contributed by atoms with E-state index in [0.717, 1.165) is 66.5 Å². The minimum Gasteiger partial charge on any atom is -0.478 e. The first-order valence-electron chi connectivity index (χ1n) is 16.0. The third-order valence-electron chi connectivity index (χ3n) is 8.36. The number of pyridine rings is 2. The van der Waals surface area contributed by atoms with Gasteiger partial charge in [-0.05, 0) is 55.8 Å². The highest BCUT2D eigenvalue weighted by Crippen LogP contribution is 2.34. The average molecular weight is 670 g/mol. The molecule has 4 aromatic heterocycles. The topological polar surface area (TPSA) is 199 Å². The predicted octanol–water partition coefficient (Wildman–Crippen LogP) is 5.22. The molecule has 0 amide bonds. The lowest BCUT2D eigenvalue weighted by molar-refractivity contribution is -0.134. The number of carboxylic acid groups (broad SMARTS) is 2. The van der Waals surface area contributed by atoms with Crippen molar-refractivity contribution in [1.82, 2.24) is 34.4 Å². The van der Waals surface area contributed by atoms with Gasteiger partial charge in [-0.25, -0.2) is 19.6 Å². The summed E-state index contributed by atoms with van der Waals surface area (Å²) in [7, 11) is 0. The van der Waals surface area contributed by atoms with Gasteiger partial charge >= 0.3 is 11.9 Å². The van der Waals surface area contributed by atoms with Crippen LogP contribution in [0.25, 0.3) is 39.7 Å². The van der Waals surface area contributed by atoms with Gasteiger partial charge in [-0.3, -0.25) is 24.8 Å². The van der Waals surface area contributed by atoms with Crippen LogP contribution < -0.4 is 5.73 Å². The molecule has 1 fully saturated rings. The Balaban J connectivity index is 0.000000485. The van der Waals surface area contributed by atoms with Crippen LogP contribution in [0.4, 0.5) is 0 Å². The molecule has 0 aliphatic carbocycles. The van der Waals surface area contributed by atoms with Crippen molar-refractivity contribution in [2.45, 2.75) is 25.3 Å². The molecule has 13 heteroatoms. The van der Waals surface area contributed by atoms with Gasteiger partial charge in [-0.2, -0.15) is 5.10 Å². The molecule has 6 aromatic rings. The Hall–Kier alpha value is -6.47. The van der Waals surface area contributed by atoms with Crippen molar-refractivity contribution in [3.8, 4) is 34.0 Å². The molecule has 0 saturated carbocycles. The van der Waals surface area contributed by atoms with Gasteiger partial charge < -0.3 is 15.9 Å². The number of imidazole rings is 1. The summed E-state index contributed by atoms with van der Waals surface area (Å²) in [5, 5.41) is 31.2. The molecule has 0 unspecified atom stereocenters. The summed E-state index contributed by atoms with van der Waals surface area (Å²) < 4.78 is 2.04. The predicted molar refractivity (Wildman–Crippen MR) is 188 cm³/mol. The quantitative estimate of drug-likeness (QED) is 0.0772. The van der Waals surface area contributed by atoms with E-state index < -0.39 is 11.9 Å². The van der Waals surface area contributed by atoms with Crippen molar-refractivity contribution in [1.29, 1.82) is 5.41 Å². The number of H-pyrrole nitrogens is 1. The number of nitrogen functional groups attached to an aromatic ring is 1. The minimum absolute atomic E-state index is 0.00725. The zero-order chi connectivity index (χ0) is 35.0. The summed E-state index contributed by atoms with van der Waals surface area (Å²) in [4.78, 5) is 35.7. The fraction of sp³-hybridized carbons (Fsp3) is 0.162. The summed E-state index contributed by atoms with van der Waals surface area (Å²) >= 11 is 0. The van der Waals surface area contributed by atoms with Crippen molar-refractivity contribution < 1.29 is 19.8 Å². The third-order valence-corrected chi connectivity index (χ3v) is 8.36. The number of hydrogen-bond acceptors (Lipinski definition) is 8. The zero-order valence-corrected chi connectivity index (χ0v) is 27.0. The van der Waals surface area contributed by atoms with E-state index in [4.69, 9.17) is 31.3 Å². The van der Waals surface area contributed by atoms with Gasteiger partial charge in [0.25, 0.3) is 0 Å². The first kappa shape index (κ1) is 33.4. The summed E-state index contributed by atoms with van der Waals surface area (Å²) in [5.41, 5.74) is 13.2. The number of carboxylic acids is 2. The van der Waals surface area contributed by atoms with Crippen molar-refractivity contribution in [2.24, 2.45) is 5.73 Å². The number of rotatable bonds is 9. The van der Waals surface area contributed by atoms with Crippen LogP contribution in [0, 0.1) is 5.41 Å². The van der Waals surface area contributed by atoms with E-state index in [1.54, 1.807) is 6.20 Å². The first-order chi connectivity index (χ1) is 24.3. The fourth-order valence-electron chi connectivity index (χ4n) is 5.95. The third kappa shape index (κ3) is 7.80. The van der Waals surface area contributed by atoms with E-state index in [9.17, 15) is 9.59 Å². The van der Waals surface area contributed by atoms with Gasteiger partial charge in [0.15, 0.2) is 5.82 Å². The van der Waals surface area contributed by atoms with Crippen molar-refractivity contribution in [2.75, 3.05) is 13.1 Å². The van der Waals surface area contributed by atoms with Gasteiger partial charge in [-0.15, -0.1) is 0 Å². The number of nitrogens with zero attached hydrogens (tertiary/aromatic N) is 6. The molecule has 1 aliphatic heterocycles. The summed E-state index contributed by atoms with van der Waals surface area (Å²) in [6, 6.07) is 28.5. The number of piperidine rings is 1.